The summed E-state index contributed by atoms with van der Waals surface area (Å²) in [5.74, 6) is -1.25. The van der Waals surface area contributed by atoms with E-state index in [9.17, 15) is 14.7 Å². The number of hydrogen-bond donors (Lipinski definition) is 2. The zero-order valence-electron chi connectivity index (χ0n) is 16.5. The number of rotatable bonds is 7. The fourth-order valence-electron chi connectivity index (χ4n) is 2.97. The molecule has 0 aliphatic rings. The second-order valence-corrected chi connectivity index (χ2v) is 8.23. The van der Waals surface area contributed by atoms with Crippen molar-refractivity contribution in [3.63, 3.8) is 0 Å². The monoisotopic (exact) mass is 445 g/mol. The van der Waals surface area contributed by atoms with Gasteiger partial charge in [0.1, 0.15) is 11.3 Å². The summed E-state index contributed by atoms with van der Waals surface area (Å²) in [6.45, 7) is 3.13. The number of carboxylic acid groups (broad SMARTS) is 1. The highest BCUT2D eigenvalue weighted by Gasteiger charge is 2.30. The van der Waals surface area contributed by atoms with Crippen molar-refractivity contribution in [2.45, 2.75) is 25.8 Å². The van der Waals surface area contributed by atoms with Crippen LogP contribution in [0, 0.1) is 0 Å². The van der Waals surface area contributed by atoms with Crippen molar-refractivity contribution in [3.8, 4) is 5.75 Å². The number of hydrogen-bond acceptors (Lipinski definition) is 3. The molecule has 7 heteroatoms. The van der Waals surface area contributed by atoms with E-state index in [-0.39, 0.29) is 12.2 Å². The highest BCUT2D eigenvalue weighted by Crippen LogP contribution is 2.31. The summed E-state index contributed by atoms with van der Waals surface area (Å²) in [5, 5.41) is 14.6. The molecule has 3 rings (SSSR count). The molecule has 30 heavy (non-hydrogen) atoms. The fourth-order valence-corrected chi connectivity index (χ4v) is 3.47. The van der Waals surface area contributed by atoms with Crippen LogP contribution in [0.3, 0.4) is 0 Å². The van der Waals surface area contributed by atoms with Gasteiger partial charge in [0.2, 0.25) is 0 Å². The quantitative estimate of drug-likeness (QED) is 0.512. The Morgan fingerprint density at radius 3 is 2.50 bits per heavy atom. The van der Waals surface area contributed by atoms with Gasteiger partial charge >= 0.3 is 5.97 Å². The molecule has 156 valence electrons. The maximum Gasteiger partial charge on any atom is 0.328 e. The molecule has 0 fully saturated rings. The third-order valence-electron chi connectivity index (χ3n) is 4.72. The molecule has 0 bridgehead atoms. The van der Waals surface area contributed by atoms with Gasteiger partial charge in [0.25, 0.3) is 5.91 Å². The number of ether oxygens (including phenoxy) is 1. The maximum absolute atomic E-state index is 12.9. The van der Waals surface area contributed by atoms with E-state index in [4.69, 9.17) is 27.9 Å². The summed E-state index contributed by atoms with van der Waals surface area (Å²) in [4.78, 5) is 24.3. The molecule has 0 aliphatic heterocycles. The van der Waals surface area contributed by atoms with Gasteiger partial charge in [-0.25, -0.2) is 4.79 Å². The van der Waals surface area contributed by atoms with Crippen LogP contribution in [0.4, 0.5) is 0 Å². The van der Waals surface area contributed by atoms with Crippen LogP contribution in [0.1, 0.15) is 29.8 Å². The molecular formula is C23H21Cl2NO4. The lowest BCUT2D eigenvalue weighted by molar-refractivity contribution is -0.143. The molecule has 5 nitrogen and oxygen atoms in total. The lowest BCUT2D eigenvalue weighted by Crippen LogP contribution is -2.49. The molecule has 0 radical (unpaired) electrons. The molecule has 0 atom stereocenters. The van der Waals surface area contributed by atoms with E-state index in [0.29, 0.717) is 22.2 Å². The first-order valence-corrected chi connectivity index (χ1v) is 10.1. The Morgan fingerprint density at radius 2 is 1.80 bits per heavy atom. The van der Waals surface area contributed by atoms with Gasteiger partial charge in [0.15, 0.2) is 0 Å². The molecular weight excluding hydrogens is 425 g/mol. The average molecular weight is 446 g/mol. The van der Waals surface area contributed by atoms with Gasteiger partial charge in [0.05, 0.1) is 12.2 Å². The van der Waals surface area contributed by atoms with E-state index in [1.807, 2.05) is 30.3 Å². The van der Waals surface area contributed by atoms with Gasteiger partial charge in [-0.05, 0) is 43.0 Å². The van der Waals surface area contributed by atoms with Crippen molar-refractivity contribution in [1.82, 2.24) is 5.32 Å². The Kier molecular flexibility index (Phi) is 6.54. The zero-order chi connectivity index (χ0) is 21.9. The standard InChI is InChI=1S/C23H21Cl2NO4/c1-23(2,22(28)29)26-21(27)18-10-8-14-5-3-4-6-17(14)20(18)30-12-11-15-7-9-16(24)13-19(15)25/h3-10,13H,11-12H2,1-2H3,(H,26,27)(H,28,29). The van der Waals surface area contributed by atoms with Crippen LogP contribution in [0.15, 0.2) is 54.6 Å². The molecule has 0 aromatic heterocycles. The number of aliphatic carboxylic acids is 1. The van der Waals surface area contributed by atoms with E-state index in [1.54, 1.807) is 24.3 Å². The first kappa shape index (κ1) is 21.9. The lowest BCUT2D eigenvalue weighted by Gasteiger charge is -2.22. The minimum atomic E-state index is -1.42. The third-order valence-corrected chi connectivity index (χ3v) is 5.30. The number of amides is 1. The third kappa shape index (κ3) is 4.86. The SMILES string of the molecule is CC(C)(NC(=O)c1ccc2ccccc2c1OCCc1ccc(Cl)cc1Cl)C(=O)O. The van der Waals surface area contributed by atoms with Gasteiger partial charge in [-0.15, -0.1) is 0 Å². The van der Waals surface area contributed by atoms with E-state index in [0.717, 1.165) is 16.3 Å². The summed E-state index contributed by atoms with van der Waals surface area (Å²) >= 11 is 12.2. The number of carbonyl (C=O) groups is 2. The smallest absolute Gasteiger partial charge is 0.328 e. The van der Waals surface area contributed by atoms with Crippen molar-refractivity contribution in [2.24, 2.45) is 0 Å². The van der Waals surface area contributed by atoms with E-state index in [2.05, 4.69) is 5.32 Å². The number of halogens is 2. The molecule has 3 aromatic carbocycles. The molecule has 0 saturated heterocycles. The van der Waals surface area contributed by atoms with E-state index < -0.39 is 17.4 Å². The van der Waals surface area contributed by atoms with Crippen molar-refractivity contribution in [3.05, 3.63) is 75.8 Å². The van der Waals surface area contributed by atoms with Crippen molar-refractivity contribution in [2.75, 3.05) is 6.61 Å². The van der Waals surface area contributed by atoms with Gasteiger partial charge in [-0.1, -0.05) is 59.6 Å². The molecule has 0 unspecified atom stereocenters. The largest absolute Gasteiger partial charge is 0.492 e. The summed E-state index contributed by atoms with van der Waals surface area (Å²) in [6.07, 6.45) is 0.515. The first-order valence-electron chi connectivity index (χ1n) is 9.33. The predicted molar refractivity (Wildman–Crippen MR) is 119 cm³/mol. The van der Waals surface area contributed by atoms with Crippen LogP contribution >= 0.6 is 23.2 Å². The number of carbonyl (C=O) groups excluding carboxylic acids is 1. The lowest BCUT2D eigenvalue weighted by atomic mass is 10.0. The number of nitrogens with one attached hydrogen (secondary N) is 1. The van der Waals surface area contributed by atoms with Crippen LogP contribution in [0.2, 0.25) is 10.0 Å². The molecule has 0 spiro atoms. The average Bonchev–Trinajstić information content (AvgIpc) is 2.69. The minimum Gasteiger partial charge on any atom is -0.492 e. The number of carboxylic acids is 1. The second-order valence-electron chi connectivity index (χ2n) is 7.38. The Labute approximate surface area is 184 Å². The Bertz CT molecular complexity index is 1110. The Hall–Kier alpha value is -2.76. The Morgan fingerprint density at radius 1 is 1.07 bits per heavy atom. The maximum atomic E-state index is 12.9. The molecule has 1 amide bonds. The zero-order valence-corrected chi connectivity index (χ0v) is 18.1. The van der Waals surface area contributed by atoms with Gasteiger partial charge in [0, 0.05) is 21.9 Å². The van der Waals surface area contributed by atoms with Gasteiger partial charge in [-0.2, -0.15) is 0 Å². The first-order chi connectivity index (χ1) is 14.2. The van der Waals surface area contributed by atoms with Gasteiger partial charge in [-0.3, -0.25) is 4.79 Å². The second kappa shape index (κ2) is 8.94. The van der Waals surface area contributed by atoms with Crippen LogP contribution in [-0.2, 0) is 11.2 Å². The molecule has 0 heterocycles. The molecule has 2 N–H and O–H groups in total. The highest BCUT2D eigenvalue weighted by atomic mass is 35.5. The summed E-state index contributed by atoms with van der Waals surface area (Å²) < 4.78 is 6.04. The van der Waals surface area contributed by atoms with Crippen LogP contribution in [-0.4, -0.2) is 29.1 Å². The number of fused-ring (bicyclic) bond motifs is 1. The summed E-state index contributed by atoms with van der Waals surface area (Å²) in [5.41, 5.74) is -0.277. The normalized spacial score (nSPS) is 11.3. The predicted octanol–water partition coefficient (Wildman–Crippen LogP) is 5.36. The van der Waals surface area contributed by atoms with E-state index >= 15 is 0 Å². The highest BCUT2D eigenvalue weighted by molar-refractivity contribution is 6.35. The van der Waals surface area contributed by atoms with Gasteiger partial charge < -0.3 is 15.2 Å². The van der Waals surface area contributed by atoms with Crippen molar-refractivity contribution >= 4 is 45.9 Å². The van der Waals surface area contributed by atoms with Crippen LogP contribution in [0.5, 0.6) is 5.75 Å². The minimum absolute atomic E-state index is 0.269. The summed E-state index contributed by atoms with van der Waals surface area (Å²) in [7, 11) is 0. The summed E-state index contributed by atoms with van der Waals surface area (Å²) in [6, 6.07) is 16.2. The van der Waals surface area contributed by atoms with E-state index in [1.165, 1.54) is 13.8 Å². The van der Waals surface area contributed by atoms with Crippen LogP contribution < -0.4 is 10.1 Å². The topological polar surface area (TPSA) is 75.6 Å². The number of benzene rings is 3. The molecule has 3 aromatic rings. The van der Waals surface area contributed by atoms with Crippen molar-refractivity contribution < 1.29 is 19.4 Å². The molecule has 0 saturated carbocycles. The molecule has 0 aliphatic carbocycles. The Balaban J connectivity index is 1.90. The fraction of sp³-hybridized carbons (Fsp3) is 0.217. The van der Waals surface area contributed by atoms with Crippen molar-refractivity contribution in [1.29, 1.82) is 0 Å². The van der Waals surface area contributed by atoms with Crippen LogP contribution in [0.25, 0.3) is 10.8 Å².